The van der Waals surface area contributed by atoms with Crippen LogP contribution in [0.15, 0.2) is 30.3 Å². The number of nitrogens with zero attached hydrogens (tertiary/aromatic N) is 2. The number of methoxy groups -OCH3 is 1. The lowest BCUT2D eigenvalue weighted by molar-refractivity contribution is 0.0944. The summed E-state index contributed by atoms with van der Waals surface area (Å²) in [5, 5.41) is 9.62. The molecule has 1 aliphatic rings. The Morgan fingerprint density at radius 1 is 1.46 bits per heavy atom. The fraction of sp³-hybridized carbons (Fsp3) is 0.312. The van der Waals surface area contributed by atoms with Gasteiger partial charge in [-0.2, -0.15) is 5.10 Å². The maximum Gasteiger partial charge on any atom is 0.409 e. The first-order chi connectivity index (χ1) is 11.7. The van der Waals surface area contributed by atoms with E-state index in [-0.39, 0.29) is 12.0 Å². The molecular formula is C16H18N4O4. The van der Waals surface area contributed by atoms with Crippen molar-refractivity contribution in [1.29, 1.82) is 0 Å². The summed E-state index contributed by atoms with van der Waals surface area (Å²) in [7, 11) is 1.60. The van der Waals surface area contributed by atoms with Gasteiger partial charge < -0.3 is 19.7 Å². The van der Waals surface area contributed by atoms with E-state index < -0.39 is 0 Å². The number of rotatable bonds is 6. The van der Waals surface area contributed by atoms with E-state index in [0.717, 1.165) is 11.3 Å². The van der Waals surface area contributed by atoms with Crippen molar-refractivity contribution in [3.05, 3.63) is 36.0 Å². The molecule has 8 heteroatoms. The van der Waals surface area contributed by atoms with Crippen molar-refractivity contribution in [3.8, 4) is 17.0 Å². The number of carbonyl (C=O) groups is 2. The monoisotopic (exact) mass is 330 g/mol. The van der Waals surface area contributed by atoms with Crippen molar-refractivity contribution < 1.29 is 19.1 Å². The molecule has 24 heavy (non-hydrogen) atoms. The molecule has 0 unspecified atom stereocenters. The third-order valence-electron chi connectivity index (χ3n) is 3.70. The first kappa shape index (κ1) is 15.9. The molecule has 8 nitrogen and oxygen atoms in total. The van der Waals surface area contributed by atoms with Crippen molar-refractivity contribution in [2.24, 2.45) is 0 Å². The van der Waals surface area contributed by atoms with Gasteiger partial charge in [0.2, 0.25) is 0 Å². The van der Waals surface area contributed by atoms with Gasteiger partial charge in [-0.1, -0.05) is 12.1 Å². The molecule has 2 heterocycles. The average molecular weight is 330 g/mol. The summed E-state index contributed by atoms with van der Waals surface area (Å²) < 4.78 is 10.0. The molecule has 2 amide bonds. The minimum atomic E-state index is -0.342. The highest BCUT2D eigenvalue weighted by Gasteiger charge is 2.21. The van der Waals surface area contributed by atoms with Crippen LogP contribution in [-0.4, -0.2) is 60.4 Å². The highest BCUT2D eigenvalue weighted by molar-refractivity contribution is 5.93. The quantitative estimate of drug-likeness (QED) is 0.831. The zero-order valence-electron chi connectivity index (χ0n) is 13.2. The van der Waals surface area contributed by atoms with Gasteiger partial charge in [-0.15, -0.1) is 0 Å². The first-order valence-electron chi connectivity index (χ1n) is 7.57. The standard InChI is InChI=1S/C16H18N4O4/c1-23-12-4-2-3-11(9-12)13-10-14(19-18-13)15(21)17-5-6-20-7-8-24-16(20)22/h2-4,9-10H,5-8H2,1H3,(H,17,21)(H,18,19). The summed E-state index contributed by atoms with van der Waals surface area (Å²) in [6, 6.07) is 9.11. The molecule has 1 fully saturated rings. The Balaban J connectivity index is 1.58. The number of cyclic esters (lactones) is 1. The van der Waals surface area contributed by atoms with Gasteiger partial charge in [-0.25, -0.2) is 4.79 Å². The van der Waals surface area contributed by atoms with Gasteiger partial charge in [-0.3, -0.25) is 9.89 Å². The maximum atomic E-state index is 12.1. The summed E-state index contributed by atoms with van der Waals surface area (Å²) in [4.78, 5) is 25.0. The molecule has 0 bridgehead atoms. The van der Waals surface area contributed by atoms with Gasteiger partial charge in [0.05, 0.1) is 19.3 Å². The fourth-order valence-corrected chi connectivity index (χ4v) is 2.40. The minimum absolute atomic E-state index is 0.274. The van der Waals surface area contributed by atoms with Crippen LogP contribution in [0.1, 0.15) is 10.5 Å². The summed E-state index contributed by atoms with van der Waals surface area (Å²) in [5.41, 5.74) is 1.86. The SMILES string of the molecule is COc1cccc(-c2cc(C(=O)NCCN3CCOC3=O)[nH]n2)c1. The van der Waals surface area contributed by atoms with Crippen LogP contribution in [0.4, 0.5) is 4.79 Å². The summed E-state index contributed by atoms with van der Waals surface area (Å²) in [5.74, 6) is 0.447. The van der Waals surface area contributed by atoms with Gasteiger partial charge in [0, 0.05) is 18.7 Å². The third kappa shape index (κ3) is 3.48. The molecule has 1 aliphatic heterocycles. The number of amides is 2. The molecule has 0 radical (unpaired) electrons. The number of nitrogens with one attached hydrogen (secondary N) is 2. The van der Waals surface area contributed by atoms with Crippen LogP contribution in [0.5, 0.6) is 5.75 Å². The largest absolute Gasteiger partial charge is 0.497 e. The second-order valence-electron chi connectivity index (χ2n) is 5.26. The Morgan fingerprint density at radius 2 is 2.33 bits per heavy atom. The van der Waals surface area contributed by atoms with Gasteiger partial charge in [0.25, 0.3) is 5.91 Å². The van der Waals surface area contributed by atoms with E-state index in [1.165, 1.54) is 0 Å². The molecule has 1 aromatic carbocycles. The molecule has 126 valence electrons. The van der Waals surface area contributed by atoms with E-state index in [0.29, 0.717) is 37.6 Å². The smallest absolute Gasteiger partial charge is 0.409 e. The number of benzene rings is 1. The Hall–Kier alpha value is -3.03. The van der Waals surface area contributed by atoms with Crippen molar-refractivity contribution in [1.82, 2.24) is 20.4 Å². The Kier molecular flexibility index (Phi) is 4.64. The second-order valence-corrected chi connectivity index (χ2v) is 5.26. The highest BCUT2D eigenvalue weighted by Crippen LogP contribution is 2.22. The van der Waals surface area contributed by atoms with Gasteiger partial charge in [-0.05, 0) is 18.2 Å². The van der Waals surface area contributed by atoms with Gasteiger partial charge >= 0.3 is 6.09 Å². The predicted molar refractivity (Wildman–Crippen MR) is 85.8 cm³/mol. The molecule has 1 aromatic heterocycles. The van der Waals surface area contributed by atoms with Crippen LogP contribution in [-0.2, 0) is 4.74 Å². The van der Waals surface area contributed by atoms with Crippen molar-refractivity contribution in [2.75, 3.05) is 33.4 Å². The molecule has 1 saturated heterocycles. The number of ether oxygens (including phenoxy) is 2. The van der Waals surface area contributed by atoms with Crippen LogP contribution in [0.2, 0.25) is 0 Å². The Bertz CT molecular complexity index is 743. The number of hydrogen-bond donors (Lipinski definition) is 2. The van der Waals surface area contributed by atoms with E-state index in [4.69, 9.17) is 9.47 Å². The van der Waals surface area contributed by atoms with Crippen LogP contribution in [0.25, 0.3) is 11.3 Å². The average Bonchev–Trinajstić information content (AvgIpc) is 3.24. The topological polar surface area (TPSA) is 96.5 Å². The molecular weight excluding hydrogens is 312 g/mol. The Morgan fingerprint density at radius 3 is 3.08 bits per heavy atom. The molecule has 3 rings (SSSR count). The molecule has 2 aromatic rings. The molecule has 0 saturated carbocycles. The molecule has 0 atom stereocenters. The second kappa shape index (κ2) is 7.03. The minimum Gasteiger partial charge on any atom is -0.497 e. The van der Waals surface area contributed by atoms with Gasteiger partial charge in [0.15, 0.2) is 0 Å². The predicted octanol–water partition coefficient (Wildman–Crippen LogP) is 1.27. The van der Waals surface area contributed by atoms with E-state index in [1.54, 1.807) is 18.1 Å². The number of aromatic amines is 1. The fourth-order valence-electron chi connectivity index (χ4n) is 2.40. The van der Waals surface area contributed by atoms with Crippen molar-refractivity contribution in [2.45, 2.75) is 0 Å². The number of carbonyl (C=O) groups excluding carboxylic acids is 2. The third-order valence-corrected chi connectivity index (χ3v) is 3.70. The summed E-state index contributed by atoms with van der Waals surface area (Å²) >= 11 is 0. The summed E-state index contributed by atoms with van der Waals surface area (Å²) in [6.07, 6.45) is -0.342. The Labute approximate surface area is 138 Å². The molecule has 0 aliphatic carbocycles. The lowest BCUT2D eigenvalue weighted by atomic mass is 10.1. The maximum absolute atomic E-state index is 12.1. The highest BCUT2D eigenvalue weighted by atomic mass is 16.6. The van der Waals surface area contributed by atoms with Crippen LogP contribution in [0.3, 0.4) is 0 Å². The number of hydrogen-bond acceptors (Lipinski definition) is 5. The van der Waals surface area contributed by atoms with Crippen LogP contribution >= 0.6 is 0 Å². The van der Waals surface area contributed by atoms with Crippen molar-refractivity contribution >= 4 is 12.0 Å². The zero-order chi connectivity index (χ0) is 16.9. The summed E-state index contributed by atoms with van der Waals surface area (Å²) in [6.45, 7) is 1.72. The van der Waals surface area contributed by atoms with Crippen LogP contribution in [0, 0.1) is 0 Å². The molecule has 0 spiro atoms. The lowest BCUT2D eigenvalue weighted by Gasteiger charge is -2.12. The number of H-pyrrole nitrogens is 1. The van der Waals surface area contributed by atoms with Gasteiger partial charge in [0.1, 0.15) is 18.1 Å². The van der Waals surface area contributed by atoms with E-state index >= 15 is 0 Å². The van der Waals surface area contributed by atoms with E-state index in [9.17, 15) is 9.59 Å². The zero-order valence-corrected chi connectivity index (χ0v) is 13.2. The lowest BCUT2D eigenvalue weighted by Crippen LogP contribution is -2.35. The molecule has 2 N–H and O–H groups in total. The van der Waals surface area contributed by atoms with Crippen molar-refractivity contribution in [3.63, 3.8) is 0 Å². The van der Waals surface area contributed by atoms with Crippen LogP contribution < -0.4 is 10.1 Å². The first-order valence-corrected chi connectivity index (χ1v) is 7.57. The van der Waals surface area contributed by atoms with E-state index in [2.05, 4.69) is 15.5 Å². The normalized spacial score (nSPS) is 13.7. The number of aromatic nitrogens is 2. The van der Waals surface area contributed by atoms with E-state index in [1.807, 2.05) is 24.3 Å².